The van der Waals surface area contributed by atoms with Crippen LogP contribution in [0.4, 0.5) is 0 Å². The van der Waals surface area contributed by atoms with Gasteiger partial charge in [0, 0.05) is 19.3 Å². The summed E-state index contributed by atoms with van der Waals surface area (Å²) >= 11 is 0. The number of carbonyl (C=O) groups is 3. The number of rotatable bonds is 48. The maximum atomic E-state index is 12.8. The molecule has 0 aromatic heterocycles. The van der Waals surface area contributed by atoms with Crippen LogP contribution in [0.3, 0.4) is 0 Å². The second-order valence-corrected chi connectivity index (χ2v) is 20.3. The van der Waals surface area contributed by atoms with E-state index in [1.165, 1.54) is 180 Å². The van der Waals surface area contributed by atoms with Crippen LogP contribution >= 0.6 is 0 Å². The first kappa shape index (κ1) is 59.4. The van der Waals surface area contributed by atoms with Crippen LogP contribution in [0.5, 0.6) is 0 Å². The first-order valence-corrected chi connectivity index (χ1v) is 27.1. The summed E-state index contributed by atoms with van der Waals surface area (Å²) < 4.78 is 16.8. The first-order chi connectivity index (χ1) is 29.6. The molecule has 0 N–H and O–H groups in total. The molecule has 6 heteroatoms. The standard InChI is InChI=1S/C55H106O6/c1-49(2)41-35-29-23-17-13-9-7-8-10-15-19-26-32-38-44-53(56)59-47-52(48-60-54(57)45-39-33-27-22-21-25-31-37-43-51(5)6)61-55(58)46-40-34-28-20-16-12-11-14-18-24-30-36-42-50(3)4/h49-52H,7-48H2,1-6H3/t52-/m0/s1. The van der Waals surface area contributed by atoms with E-state index in [2.05, 4.69) is 41.5 Å². The van der Waals surface area contributed by atoms with Gasteiger partial charge in [0.25, 0.3) is 0 Å². The maximum absolute atomic E-state index is 12.8. The van der Waals surface area contributed by atoms with Crippen molar-refractivity contribution in [2.45, 2.75) is 304 Å². The molecule has 0 amide bonds. The van der Waals surface area contributed by atoms with Gasteiger partial charge in [-0.2, -0.15) is 0 Å². The molecule has 61 heavy (non-hydrogen) atoms. The first-order valence-electron chi connectivity index (χ1n) is 27.1. The monoisotopic (exact) mass is 863 g/mol. The fourth-order valence-electron chi connectivity index (χ4n) is 8.29. The lowest BCUT2D eigenvalue weighted by Gasteiger charge is -2.18. The van der Waals surface area contributed by atoms with Gasteiger partial charge in [-0.1, -0.05) is 260 Å². The molecule has 0 saturated carbocycles. The molecule has 0 bridgehead atoms. The van der Waals surface area contributed by atoms with Gasteiger partial charge in [-0.25, -0.2) is 0 Å². The van der Waals surface area contributed by atoms with E-state index in [-0.39, 0.29) is 31.1 Å². The van der Waals surface area contributed by atoms with Crippen LogP contribution in [0.1, 0.15) is 298 Å². The van der Waals surface area contributed by atoms with Gasteiger partial charge in [-0.15, -0.1) is 0 Å². The van der Waals surface area contributed by atoms with Crippen molar-refractivity contribution in [3.05, 3.63) is 0 Å². The minimum Gasteiger partial charge on any atom is -0.462 e. The van der Waals surface area contributed by atoms with Crippen molar-refractivity contribution in [2.75, 3.05) is 13.2 Å². The lowest BCUT2D eigenvalue weighted by molar-refractivity contribution is -0.167. The second kappa shape index (κ2) is 46.4. The van der Waals surface area contributed by atoms with Gasteiger partial charge < -0.3 is 14.2 Å². The van der Waals surface area contributed by atoms with Gasteiger partial charge >= 0.3 is 17.9 Å². The van der Waals surface area contributed by atoms with E-state index < -0.39 is 6.10 Å². The van der Waals surface area contributed by atoms with Crippen molar-refractivity contribution >= 4 is 17.9 Å². The van der Waals surface area contributed by atoms with Crippen LogP contribution in [0, 0.1) is 17.8 Å². The smallest absolute Gasteiger partial charge is 0.306 e. The number of hydrogen-bond donors (Lipinski definition) is 0. The Balaban J connectivity index is 4.29. The number of ether oxygens (including phenoxy) is 3. The average molecular weight is 863 g/mol. The summed E-state index contributed by atoms with van der Waals surface area (Å²) in [6, 6.07) is 0. The van der Waals surface area contributed by atoms with E-state index in [0.717, 1.165) is 75.5 Å². The molecule has 0 radical (unpaired) electrons. The van der Waals surface area contributed by atoms with Crippen LogP contribution in [0.2, 0.25) is 0 Å². The van der Waals surface area contributed by atoms with E-state index in [1.807, 2.05) is 0 Å². The highest BCUT2D eigenvalue weighted by Gasteiger charge is 2.19. The second-order valence-electron chi connectivity index (χ2n) is 20.3. The average Bonchev–Trinajstić information content (AvgIpc) is 3.22. The van der Waals surface area contributed by atoms with E-state index in [4.69, 9.17) is 14.2 Å². The lowest BCUT2D eigenvalue weighted by atomic mass is 10.0. The van der Waals surface area contributed by atoms with Crippen molar-refractivity contribution < 1.29 is 28.6 Å². The summed E-state index contributed by atoms with van der Waals surface area (Å²) in [5.41, 5.74) is 0. The molecule has 0 rings (SSSR count). The third kappa shape index (κ3) is 49.3. The molecule has 0 saturated heterocycles. The van der Waals surface area contributed by atoms with Crippen molar-refractivity contribution in [1.82, 2.24) is 0 Å². The zero-order chi connectivity index (χ0) is 44.9. The molecular weight excluding hydrogens is 757 g/mol. The predicted octanol–water partition coefficient (Wildman–Crippen LogP) is 17.6. The molecule has 6 nitrogen and oxygen atoms in total. The van der Waals surface area contributed by atoms with E-state index in [9.17, 15) is 14.4 Å². The fourth-order valence-corrected chi connectivity index (χ4v) is 8.29. The molecule has 0 aromatic rings. The summed E-state index contributed by atoms with van der Waals surface area (Å²) in [7, 11) is 0. The number of carbonyl (C=O) groups excluding carboxylic acids is 3. The summed E-state index contributed by atoms with van der Waals surface area (Å²) in [5.74, 6) is 1.62. The van der Waals surface area contributed by atoms with Crippen molar-refractivity contribution in [3.8, 4) is 0 Å². The Morgan fingerprint density at radius 2 is 0.475 bits per heavy atom. The number of hydrogen-bond acceptors (Lipinski definition) is 6. The summed E-state index contributed by atoms with van der Waals surface area (Å²) in [6.45, 7) is 13.7. The van der Waals surface area contributed by atoms with Gasteiger partial charge in [0.2, 0.25) is 0 Å². The van der Waals surface area contributed by atoms with Gasteiger partial charge in [-0.05, 0) is 37.0 Å². The fraction of sp³-hybridized carbons (Fsp3) is 0.945. The van der Waals surface area contributed by atoms with E-state index >= 15 is 0 Å². The molecule has 0 aliphatic carbocycles. The molecule has 0 heterocycles. The Morgan fingerprint density at radius 3 is 0.705 bits per heavy atom. The van der Waals surface area contributed by atoms with Crippen LogP contribution in [0.15, 0.2) is 0 Å². The SMILES string of the molecule is CC(C)CCCCCCCCCCCCCCCCC(=O)OC[C@@H](COC(=O)CCCCCCCCCCC(C)C)OC(=O)CCCCCCCCCCCCCCC(C)C. The molecule has 0 aliphatic heterocycles. The highest BCUT2D eigenvalue weighted by atomic mass is 16.6. The van der Waals surface area contributed by atoms with Crippen molar-refractivity contribution in [3.63, 3.8) is 0 Å². The van der Waals surface area contributed by atoms with Crippen LogP contribution in [0.25, 0.3) is 0 Å². The number of esters is 3. The van der Waals surface area contributed by atoms with Crippen molar-refractivity contribution in [1.29, 1.82) is 0 Å². The van der Waals surface area contributed by atoms with Crippen LogP contribution < -0.4 is 0 Å². The Morgan fingerprint density at radius 1 is 0.279 bits per heavy atom. The molecule has 0 spiro atoms. The molecule has 0 fully saturated rings. The molecule has 362 valence electrons. The molecular formula is C55H106O6. The Hall–Kier alpha value is -1.59. The van der Waals surface area contributed by atoms with Crippen molar-refractivity contribution in [2.24, 2.45) is 17.8 Å². The maximum Gasteiger partial charge on any atom is 0.306 e. The predicted molar refractivity (Wildman–Crippen MR) is 261 cm³/mol. The summed E-state index contributed by atoms with van der Waals surface area (Å²) in [5, 5.41) is 0. The normalized spacial score (nSPS) is 12.1. The minimum atomic E-state index is -0.763. The minimum absolute atomic E-state index is 0.0644. The molecule has 0 aromatic carbocycles. The van der Waals surface area contributed by atoms with E-state index in [0.29, 0.717) is 19.3 Å². The third-order valence-electron chi connectivity index (χ3n) is 12.4. The third-order valence-corrected chi connectivity index (χ3v) is 12.4. The zero-order valence-electron chi connectivity index (χ0n) is 42.0. The Kier molecular flexibility index (Phi) is 45.2. The van der Waals surface area contributed by atoms with Crippen LogP contribution in [-0.4, -0.2) is 37.2 Å². The summed E-state index contributed by atoms with van der Waals surface area (Å²) in [6.07, 6.45) is 46.7. The zero-order valence-corrected chi connectivity index (χ0v) is 42.0. The van der Waals surface area contributed by atoms with Crippen LogP contribution in [-0.2, 0) is 28.6 Å². The quantitative estimate of drug-likeness (QED) is 0.0344. The van der Waals surface area contributed by atoms with Gasteiger partial charge in [0.05, 0.1) is 0 Å². The highest BCUT2D eigenvalue weighted by molar-refractivity contribution is 5.71. The van der Waals surface area contributed by atoms with Gasteiger partial charge in [0.15, 0.2) is 6.10 Å². The largest absolute Gasteiger partial charge is 0.462 e. The number of unbranched alkanes of at least 4 members (excludes halogenated alkanes) is 31. The highest BCUT2D eigenvalue weighted by Crippen LogP contribution is 2.18. The van der Waals surface area contributed by atoms with Gasteiger partial charge in [0.1, 0.15) is 13.2 Å². The molecule has 0 aliphatic rings. The molecule has 1 atom stereocenters. The summed E-state index contributed by atoms with van der Waals surface area (Å²) in [4.78, 5) is 38.0. The Bertz CT molecular complexity index is 945. The topological polar surface area (TPSA) is 78.9 Å². The lowest BCUT2D eigenvalue weighted by Crippen LogP contribution is -2.30. The Labute approximate surface area is 380 Å². The molecule has 0 unspecified atom stereocenters. The van der Waals surface area contributed by atoms with Gasteiger partial charge in [-0.3, -0.25) is 14.4 Å². The van der Waals surface area contributed by atoms with E-state index in [1.54, 1.807) is 0 Å².